The van der Waals surface area contributed by atoms with E-state index in [2.05, 4.69) is 12.1 Å². The zero-order valence-corrected chi connectivity index (χ0v) is 14.7. The highest BCUT2D eigenvalue weighted by Crippen LogP contribution is 2.37. The number of ether oxygens (including phenoxy) is 1. The molecule has 3 rings (SSSR count). The van der Waals surface area contributed by atoms with Crippen LogP contribution in [-0.4, -0.2) is 7.11 Å². The van der Waals surface area contributed by atoms with Crippen LogP contribution in [0, 0.1) is 22.7 Å². The summed E-state index contributed by atoms with van der Waals surface area (Å²) in [5.74, 6) is 0.715. The van der Waals surface area contributed by atoms with Crippen molar-refractivity contribution in [2.45, 2.75) is 0 Å². The second-order valence-electron chi connectivity index (χ2n) is 5.59. The molecule has 0 saturated carbocycles. The van der Waals surface area contributed by atoms with Gasteiger partial charge in [-0.05, 0) is 41.5 Å². The quantitative estimate of drug-likeness (QED) is 0.666. The van der Waals surface area contributed by atoms with Crippen LogP contribution in [-0.2, 0) is 0 Å². The van der Waals surface area contributed by atoms with Gasteiger partial charge in [-0.2, -0.15) is 10.5 Å². The van der Waals surface area contributed by atoms with Gasteiger partial charge in [-0.15, -0.1) is 0 Å². The van der Waals surface area contributed by atoms with Gasteiger partial charge in [0.25, 0.3) is 0 Å². The first-order valence-electron chi connectivity index (χ1n) is 7.76. The molecule has 4 nitrogen and oxygen atoms in total. The molecule has 0 bridgehead atoms. The molecule has 0 heterocycles. The zero-order valence-electron chi connectivity index (χ0n) is 14.0. The molecule has 0 aromatic heterocycles. The third-order valence-electron chi connectivity index (χ3n) is 4.15. The Morgan fingerprint density at radius 1 is 0.846 bits per heavy atom. The molecule has 0 saturated heterocycles. The van der Waals surface area contributed by atoms with E-state index in [4.69, 9.17) is 22.1 Å². The minimum absolute atomic E-state index is 0.174. The molecule has 0 spiro atoms. The lowest BCUT2D eigenvalue weighted by atomic mass is 9.89. The molecule has 0 aliphatic heterocycles. The van der Waals surface area contributed by atoms with Gasteiger partial charge >= 0.3 is 0 Å². The Balaban J connectivity index is 2.29. The molecule has 5 heteroatoms. The predicted molar refractivity (Wildman–Crippen MR) is 103 cm³/mol. The van der Waals surface area contributed by atoms with Gasteiger partial charge in [0.2, 0.25) is 0 Å². The second-order valence-corrected chi connectivity index (χ2v) is 6.03. The number of nitrogens with zero attached hydrogens (tertiary/aromatic N) is 2. The highest BCUT2D eigenvalue weighted by Gasteiger charge is 2.18. The van der Waals surface area contributed by atoms with Crippen LogP contribution in [0.5, 0.6) is 5.75 Å². The minimum atomic E-state index is 0.174. The van der Waals surface area contributed by atoms with Crippen LogP contribution in [0.15, 0.2) is 54.6 Å². The Labute approximate surface area is 156 Å². The first-order chi connectivity index (χ1) is 12.6. The number of nitrogens with two attached hydrogens (primary N) is 1. The number of halogens is 1. The van der Waals surface area contributed by atoms with Gasteiger partial charge in [-0.1, -0.05) is 35.9 Å². The number of nitriles is 2. The average molecular weight is 360 g/mol. The van der Waals surface area contributed by atoms with Crippen molar-refractivity contribution < 1.29 is 4.74 Å². The molecule has 2 N–H and O–H groups in total. The van der Waals surface area contributed by atoms with Crippen molar-refractivity contribution >= 4 is 17.3 Å². The fraction of sp³-hybridized carbons (Fsp3) is 0.0476. The summed E-state index contributed by atoms with van der Waals surface area (Å²) in [5, 5.41) is 19.8. The number of methoxy groups -OCH3 is 1. The molecular formula is C21H14ClN3O. The molecule has 3 aromatic rings. The molecule has 26 heavy (non-hydrogen) atoms. The molecular weight excluding hydrogens is 346 g/mol. The van der Waals surface area contributed by atoms with Crippen LogP contribution in [0.3, 0.4) is 0 Å². The van der Waals surface area contributed by atoms with Crippen LogP contribution >= 0.6 is 11.6 Å². The molecule has 0 fully saturated rings. The van der Waals surface area contributed by atoms with Crippen molar-refractivity contribution in [3.63, 3.8) is 0 Å². The van der Waals surface area contributed by atoms with Gasteiger partial charge in [0.05, 0.1) is 23.9 Å². The van der Waals surface area contributed by atoms with Crippen molar-refractivity contribution in [2.75, 3.05) is 12.8 Å². The fourth-order valence-electron chi connectivity index (χ4n) is 2.80. The summed E-state index contributed by atoms with van der Waals surface area (Å²) < 4.78 is 5.18. The third-order valence-corrected chi connectivity index (χ3v) is 4.40. The van der Waals surface area contributed by atoms with Crippen molar-refractivity contribution in [1.29, 1.82) is 10.5 Å². The van der Waals surface area contributed by atoms with Gasteiger partial charge in [0, 0.05) is 16.1 Å². The molecule has 0 aliphatic rings. The smallest absolute Gasteiger partial charge is 0.118 e. The van der Waals surface area contributed by atoms with Crippen molar-refractivity contribution in [2.24, 2.45) is 0 Å². The second kappa shape index (κ2) is 7.19. The number of anilines is 1. The highest BCUT2D eigenvalue weighted by atomic mass is 35.5. The lowest BCUT2D eigenvalue weighted by molar-refractivity contribution is 0.415. The maximum absolute atomic E-state index is 9.60. The van der Waals surface area contributed by atoms with E-state index >= 15 is 0 Å². The SMILES string of the molecule is COc1ccc(-c2cc(-c3ccc(Cl)cc3)c(C#N)c(N)c2C#N)cc1. The summed E-state index contributed by atoms with van der Waals surface area (Å²) in [7, 11) is 1.59. The molecule has 0 aliphatic carbocycles. The number of rotatable bonds is 3. The molecule has 126 valence electrons. The summed E-state index contributed by atoms with van der Waals surface area (Å²) in [5.41, 5.74) is 9.84. The Kier molecular flexibility index (Phi) is 4.80. The van der Waals surface area contributed by atoms with E-state index in [1.807, 2.05) is 42.5 Å². The summed E-state index contributed by atoms with van der Waals surface area (Å²) in [6.07, 6.45) is 0. The van der Waals surface area contributed by atoms with E-state index in [9.17, 15) is 10.5 Å². The largest absolute Gasteiger partial charge is 0.497 e. The van der Waals surface area contributed by atoms with E-state index < -0.39 is 0 Å². The standard InChI is InChI=1S/C21H14ClN3O/c1-26-16-8-4-14(5-9-16)18-10-17(13-2-6-15(22)7-3-13)19(11-23)21(25)20(18)12-24/h2-10H,25H2,1H3. The fourth-order valence-corrected chi connectivity index (χ4v) is 2.93. The molecule has 0 radical (unpaired) electrons. The maximum Gasteiger partial charge on any atom is 0.118 e. The van der Waals surface area contributed by atoms with Gasteiger partial charge in [0.1, 0.15) is 17.9 Å². The van der Waals surface area contributed by atoms with Crippen molar-refractivity contribution in [3.8, 4) is 40.1 Å². The topological polar surface area (TPSA) is 82.8 Å². The number of nitrogen functional groups attached to an aromatic ring is 1. The lowest BCUT2D eigenvalue weighted by Gasteiger charge is -2.14. The maximum atomic E-state index is 9.60. The van der Waals surface area contributed by atoms with Gasteiger partial charge < -0.3 is 10.5 Å². The Hall–Kier alpha value is -3.47. The van der Waals surface area contributed by atoms with E-state index in [1.54, 1.807) is 19.2 Å². The van der Waals surface area contributed by atoms with Gasteiger partial charge in [0.15, 0.2) is 0 Å². The number of hydrogen-bond donors (Lipinski definition) is 1. The van der Waals surface area contributed by atoms with Crippen LogP contribution < -0.4 is 10.5 Å². The molecule has 0 unspecified atom stereocenters. The van der Waals surface area contributed by atoms with Crippen molar-refractivity contribution in [3.05, 3.63) is 70.7 Å². The van der Waals surface area contributed by atoms with Crippen LogP contribution in [0.2, 0.25) is 5.02 Å². The van der Waals surface area contributed by atoms with Crippen molar-refractivity contribution in [1.82, 2.24) is 0 Å². The number of benzene rings is 3. The highest BCUT2D eigenvalue weighted by molar-refractivity contribution is 6.30. The lowest BCUT2D eigenvalue weighted by Crippen LogP contribution is -2.00. The van der Waals surface area contributed by atoms with Crippen LogP contribution in [0.1, 0.15) is 11.1 Å². The third kappa shape index (κ3) is 3.07. The normalized spacial score (nSPS) is 10.0. The van der Waals surface area contributed by atoms with Crippen LogP contribution in [0.25, 0.3) is 22.3 Å². The summed E-state index contributed by atoms with van der Waals surface area (Å²) >= 11 is 5.96. The summed E-state index contributed by atoms with van der Waals surface area (Å²) in [6.45, 7) is 0. The Morgan fingerprint density at radius 2 is 1.31 bits per heavy atom. The monoisotopic (exact) mass is 359 g/mol. The average Bonchev–Trinajstić information content (AvgIpc) is 2.68. The zero-order chi connectivity index (χ0) is 18.7. The first-order valence-corrected chi connectivity index (χ1v) is 8.14. The predicted octanol–water partition coefficient (Wildman–Crippen LogP) is 5.01. The molecule has 3 aromatic carbocycles. The minimum Gasteiger partial charge on any atom is -0.497 e. The van der Waals surface area contributed by atoms with E-state index in [-0.39, 0.29) is 16.8 Å². The van der Waals surface area contributed by atoms with Gasteiger partial charge in [-0.25, -0.2) is 0 Å². The Morgan fingerprint density at radius 3 is 1.73 bits per heavy atom. The summed E-state index contributed by atoms with van der Waals surface area (Å²) in [6, 6.07) is 20.5. The molecule has 0 amide bonds. The van der Waals surface area contributed by atoms with Gasteiger partial charge in [-0.3, -0.25) is 0 Å². The summed E-state index contributed by atoms with van der Waals surface area (Å²) in [4.78, 5) is 0. The van der Waals surface area contributed by atoms with E-state index in [0.29, 0.717) is 21.9 Å². The van der Waals surface area contributed by atoms with E-state index in [1.165, 1.54) is 0 Å². The number of hydrogen-bond acceptors (Lipinski definition) is 4. The van der Waals surface area contributed by atoms with E-state index in [0.717, 1.165) is 11.1 Å². The molecule has 0 atom stereocenters. The van der Waals surface area contributed by atoms with Crippen LogP contribution in [0.4, 0.5) is 5.69 Å². The first kappa shape index (κ1) is 17.4. The Bertz CT molecular complexity index is 1040.